The summed E-state index contributed by atoms with van der Waals surface area (Å²) in [4.78, 5) is 11.9. The molecule has 0 saturated heterocycles. The molecule has 0 bridgehead atoms. The summed E-state index contributed by atoms with van der Waals surface area (Å²) in [6, 6.07) is 0. The van der Waals surface area contributed by atoms with E-state index in [0.717, 1.165) is 38.0 Å². The van der Waals surface area contributed by atoms with Gasteiger partial charge in [-0.15, -0.1) is 0 Å². The third-order valence-corrected chi connectivity index (χ3v) is 5.00. The molecule has 1 N–H and O–H groups in total. The average molecular weight is 275 g/mol. The van der Waals surface area contributed by atoms with Gasteiger partial charge in [-0.1, -0.05) is 0 Å². The van der Waals surface area contributed by atoms with Crippen molar-refractivity contribution < 1.29 is 14.3 Å². The second kappa shape index (κ2) is 8.02. The van der Waals surface area contributed by atoms with E-state index in [-0.39, 0.29) is 5.97 Å². The number of esters is 1. The molecule has 106 valence electrons. The van der Waals surface area contributed by atoms with E-state index >= 15 is 0 Å². The molecule has 1 rings (SSSR count). The van der Waals surface area contributed by atoms with Crippen LogP contribution in [-0.4, -0.2) is 50.4 Å². The zero-order chi connectivity index (χ0) is 13.4. The van der Waals surface area contributed by atoms with Gasteiger partial charge in [-0.05, 0) is 44.9 Å². The van der Waals surface area contributed by atoms with Crippen molar-refractivity contribution in [1.82, 2.24) is 5.32 Å². The van der Waals surface area contributed by atoms with E-state index < -0.39 is 5.54 Å². The lowest BCUT2D eigenvalue weighted by molar-refractivity contribution is -0.149. The molecular weight excluding hydrogens is 250 g/mol. The molecule has 18 heavy (non-hydrogen) atoms. The monoisotopic (exact) mass is 275 g/mol. The SMILES string of the molecule is CNC1(C(=O)OC)CCCC(SCCCOC)C1. The zero-order valence-corrected chi connectivity index (χ0v) is 12.5. The lowest BCUT2D eigenvalue weighted by Gasteiger charge is -2.38. The Hall–Kier alpha value is -0.260. The van der Waals surface area contributed by atoms with Crippen LogP contribution in [0.4, 0.5) is 0 Å². The Bertz CT molecular complexity index is 263. The molecule has 1 aliphatic rings. The number of thioether (sulfide) groups is 1. The van der Waals surface area contributed by atoms with E-state index in [4.69, 9.17) is 9.47 Å². The molecule has 1 fully saturated rings. The summed E-state index contributed by atoms with van der Waals surface area (Å²) in [6.45, 7) is 0.813. The number of methoxy groups -OCH3 is 2. The second-order valence-electron chi connectivity index (χ2n) is 4.76. The van der Waals surface area contributed by atoms with Crippen LogP contribution in [0.25, 0.3) is 0 Å². The summed E-state index contributed by atoms with van der Waals surface area (Å²) in [6.07, 6.45) is 5.09. The summed E-state index contributed by atoms with van der Waals surface area (Å²) in [5.41, 5.74) is -0.466. The first-order valence-electron chi connectivity index (χ1n) is 6.56. The number of ether oxygens (including phenoxy) is 2. The minimum Gasteiger partial charge on any atom is -0.468 e. The van der Waals surface area contributed by atoms with E-state index in [1.165, 1.54) is 13.5 Å². The molecule has 0 aromatic heterocycles. The van der Waals surface area contributed by atoms with E-state index in [1.54, 1.807) is 7.11 Å². The van der Waals surface area contributed by atoms with Crippen molar-refractivity contribution in [1.29, 1.82) is 0 Å². The quantitative estimate of drug-likeness (QED) is 0.567. The van der Waals surface area contributed by atoms with Crippen LogP contribution in [0, 0.1) is 0 Å². The van der Waals surface area contributed by atoms with E-state index in [1.807, 2.05) is 18.8 Å². The van der Waals surface area contributed by atoms with E-state index in [2.05, 4.69) is 5.32 Å². The molecule has 0 radical (unpaired) electrons. The Morgan fingerprint density at radius 3 is 2.89 bits per heavy atom. The number of likely N-dealkylation sites (N-methyl/N-ethyl adjacent to an activating group) is 1. The van der Waals surface area contributed by atoms with Gasteiger partial charge in [-0.25, -0.2) is 0 Å². The largest absolute Gasteiger partial charge is 0.468 e. The Labute approximate surface area is 114 Å². The molecule has 1 saturated carbocycles. The smallest absolute Gasteiger partial charge is 0.326 e. The third-order valence-electron chi connectivity index (χ3n) is 3.61. The van der Waals surface area contributed by atoms with Crippen molar-refractivity contribution in [3.05, 3.63) is 0 Å². The van der Waals surface area contributed by atoms with Gasteiger partial charge >= 0.3 is 5.97 Å². The minimum absolute atomic E-state index is 0.118. The summed E-state index contributed by atoms with van der Waals surface area (Å²) in [5, 5.41) is 3.73. The summed E-state index contributed by atoms with van der Waals surface area (Å²) >= 11 is 1.96. The maximum absolute atomic E-state index is 11.9. The first-order chi connectivity index (χ1) is 8.68. The summed E-state index contributed by atoms with van der Waals surface area (Å²) in [5.74, 6) is 0.978. The van der Waals surface area contributed by atoms with Gasteiger partial charge in [0.1, 0.15) is 5.54 Å². The molecule has 0 amide bonds. The number of carbonyl (C=O) groups excluding carboxylic acids is 1. The Balaban J connectivity index is 2.45. The van der Waals surface area contributed by atoms with E-state index in [9.17, 15) is 4.79 Å². The van der Waals surface area contributed by atoms with Gasteiger partial charge in [-0.2, -0.15) is 11.8 Å². The number of hydrogen-bond acceptors (Lipinski definition) is 5. The van der Waals surface area contributed by atoms with Gasteiger partial charge in [-0.3, -0.25) is 4.79 Å². The summed E-state index contributed by atoms with van der Waals surface area (Å²) < 4.78 is 9.99. The van der Waals surface area contributed by atoms with Crippen LogP contribution < -0.4 is 5.32 Å². The normalized spacial score (nSPS) is 28.1. The third kappa shape index (κ3) is 4.14. The molecule has 0 heterocycles. The van der Waals surface area contributed by atoms with Crippen molar-refractivity contribution in [2.45, 2.75) is 42.9 Å². The zero-order valence-electron chi connectivity index (χ0n) is 11.7. The van der Waals surface area contributed by atoms with Crippen LogP contribution in [-0.2, 0) is 14.3 Å². The number of rotatable bonds is 7. The topological polar surface area (TPSA) is 47.6 Å². The molecular formula is C13H25NO3S. The lowest BCUT2D eigenvalue weighted by Crippen LogP contribution is -2.54. The molecule has 2 unspecified atom stereocenters. The van der Waals surface area contributed by atoms with Crippen LogP contribution in [0.5, 0.6) is 0 Å². The van der Waals surface area contributed by atoms with Crippen molar-refractivity contribution >= 4 is 17.7 Å². The number of carbonyl (C=O) groups is 1. The van der Waals surface area contributed by atoms with Crippen LogP contribution >= 0.6 is 11.8 Å². The predicted octanol–water partition coefficient (Wildman–Crippen LogP) is 1.83. The predicted molar refractivity (Wildman–Crippen MR) is 75.0 cm³/mol. The fourth-order valence-corrected chi connectivity index (χ4v) is 3.88. The van der Waals surface area contributed by atoms with Crippen molar-refractivity contribution in [3.63, 3.8) is 0 Å². The Morgan fingerprint density at radius 2 is 2.28 bits per heavy atom. The van der Waals surface area contributed by atoms with Crippen molar-refractivity contribution in [2.24, 2.45) is 0 Å². The van der Waals surface area contributed by atoms with Gasteiger partial charge in [0.15, 0.2) is 0 Å². The van der Waals surface area contributed by atoms with Crippen LogP contribution in [0.3, 0.4) is 0 Å². The van der Waals surface area contributed by atoms with Gasteiger partial charge in [0.2, 0.25) is 0 Å². The highest BCUT2D eigenvalue weighted by atomic mass is 32.2. The number of nitrogens with one attached hydrogen (secondary N) is 1. The highest BCUT2D eigenvalue weighted by molar-refractivity contribution is 7.99. The molecule has 0 aliphatic heterocycles. The van der Waals surface area contributed by atoms with Crippen molar-refractivity contribution in [2.75, 3.05) is 33.6 Å². The first kappa shape index (κ1) is 15.8. The van der Waals surface area contributed by atoms with E-state index in [0.29, 0.717) is 5.25 Å². The Morgan fingerprint density at radius 1 is 1.50 bits per heavy atom. The Kier molecular flexibility index (Phi) is 7.04. The molecule has 1 aliphatic carbocycles. The van der Waals surface area contributed by atoms with Gasteiger partial charge in [0.05, 0.1) is 7.11 Å². The maximum Gasteiger partial charge on any atom is 0.326 e. The highest BCUT2D eigenvalue weighted by Crippen LogP contribution is 2.35. The van der Waals surface area contributed by atoms with Gasteiger partial charge in [0.25, 0.3) is 0 Å². The van der Waals surface area contributed by atoms with Crippen LogP contribution in [0.15, 0.2) is 0 Å². The molecule has 0 aromatic rings. The maximum atomic E-state index is 11.9. The first-order valence-corrected chi connectivity index (χ1v) is 7.61. The van der Waals surface area contributed by atoms with Gasteiger partial charge < -0.3 is 14.8 Å². The molecule has 4 nitrogen and oxygen atoms in total. The fraction of sp³-hybridized carbons (Fsp3) is 0.923. The fourth-order valence-electron chi connectivity index (χ4n) is 2.53. The van der Waals surface area contributed by atoms with Gasteiger partial charge in [0, 0.05) is 19.0 Å². The molecule has 0 aromatic carbocycles. The molecule has 5 heteroatoms. The second-order valence-corrected chi connectivity index (χ2v) is 6.17. The lowest BCUT2D eigenvalue weighted by atomic mass is 9.81. The minimum atomic E-state index is -0.466. The standard InChI is InChI=1S/C13H25NO3S/c1-14-13(12(15)17-3)7-4-6-11(10-13)18-9-5-8-16-2/h11,14H,4-10H2,1-3H3. The average Bonchev–Trinajstić information content (AvgIpc) is 2.43. The van der Waals surface area contributed by atoms with Crippen molar-refractivity contribution in [3.8, 4) is 0 Å². The highest BCUT2D eigenvalue weighted by Gasteiger charge is 2.42. The van der Waals surface area contributed by atoms with Crippen LogP contribution in [0.1, 0.15) is 32.1 Å². The molecule has 0 spiro atoms. The summed E-state index contributed by atoms with van der Waals surface area (Å²) in [7, 11) is 5.06. The van der Waals surface area contributed by atoms with Crippen LogP contribution in [0.2, 0.25) is 0 Å². The molecule has 2 atom stereocenters. The number of hydrogen-bond donors (Lipinski definition) is 1.